The summed E-state index contributed by atoms with van der Waals surface area (Å²) in [4.78, 5) is 61.1. The summed E-state index contributed by atoms with van der Waals surface area (Å²) in [5.41, 5.74) is 20.6. The molecule has 14 N–H and O–H groups in total. The molecule has 0 aliphatic heterocycles. The molecule has 0 aliphatic rings. The zero-order valence-corrected chi connectivity index (χ0v) is 90.1. The van der Waals surface area contributed by atoms with Crippen LogP contribution in [-0.2, 0) is 34.7 Å². The summed E-state index contributed by atoms with van der Waals surface area (Å²) < 4.78 is 152. The minimum absolute atomic E-state index is 0.0114. The van der Waals surface area contributed by atoms with Gasteiger partial charge in [-0.25, -0.2) is 78.0 Å². The number of nitrogens with one attached hydrogen (secondary N) is 5. The summed E-state index contributed by atoms with van der Waals surface area (Å²) in [7, 11) is -11.3. The molecule has 0 amide bonds. The molecule has 13 aromatic rings. The average molecular weight is 2530 g/mol. The zero-order chi connectivity index (χ0) is 110. The Labute approximate surface area is 911 Å². The first-order valence-electron chi connectivity index (χ1n) is 40.5. The Morgan fingerprint density at radius 1 is 0.449 bits per heavy atom. The van der Waals surface area contributed by atoms with Crippen molar-refractivity contribution < 1.29 is 86.2 Å². The Morgan fingerprint density at radius 3 is 1.05 bits per heavy atom. The van der Waals surface area contributed by atoms with Crippen LogP contribution in [0.15, 0.2) is 240 Å². The first-order valence-corrected chi connectivity index (χ1v) is 51.3. The minimum atomic E-state index is -3.89. The number of sulfone groups is 1. The van der Waals surface area contributed by atoms with Gasteiger partial charge in [0.2, 0.25) is 42.5 Å². The number of nitrogens with zero attached hydrogens (tertiary/aromatic N) is 10. The van der Waals surface area contributed by atoms with E-state index in [2.05, 4.69) is 168 Å². The van der Waals surface area contributed by atoms with Gasteiger partial charge in [-0.3, -0.25) is 25.0 Å². The number of phenols is 1. The fraction of sp³-hybridized carbons (Fsp3) is 0.126. The lowest BCUT2D eigenvalue weighted by molar-refractivity contribution is -0.385. The van der Waals surface area contributed by atoms with Crippen LogP contribution >= 0.6 is 118 Å². The number of sulfonamides is 2. The maximum absolute atomic E-state index is 14.3. The number of anilines is 12. The Morgan fingerprint density at radius 2 is 0.735 bits per heavy atom. The lowest BCUT2D eigenvalue weighted by Gasteiger charge is -2.12. The van der Waals surface area contributed by atoms with Crippen LogP contribution in [0.2, 0.25) is 15.7 Å². The van der Waals surface area contributed by atoms with Crippen molar-refractivity contribution >= 4 is 243 Å². The molecule has 0 saturated carbocycles. The molecule has 4 aromatic heterocycles. The molecule has 0 unspecified atom stereocenters. The number of nitrogen functional groups attached to an aromatic ring is 2. The molecule has 0 spiro atoms. The first-order chi connectivity index (χ1) is 69.9. The monoisotopic (exact) mass is 2520 g/mol. The maximum atomic E-state index is 14.3. The number of halogens is 11. The topological polar surface area (TPSA) is 539 Å². The number of aryl methyl sites for hydroxylation is 3. The van der Waals surface area contributed by atoms with Gasteiger partial charge >= 0.3 is 0 Å². The lowest BCUT2D eigenvalue weighted by Crippen LogP contribution is -2.16. The molecule has 0 fully saturated rings. The highest BCUT2D eigenvalue weighted by atomic mass is 127. The predicted octanol–water partition coefficient (Wildman–Crippen LogP) is 19.5. The number of nitro groups is 2. The van der Waals surface area contributed by atoms with E-state index in [4.69, 9.17) is 124 Å². The number of alkyl halides is 1. The van der Waals surface area contributed by atoms with Crippen LogP contribution in [0.4, 0.5) is 98.1 Å². The highest BCUT2D eigenvalue weighted by Crippen LogP contribution is 2.31. The smallest absolute Gasteiger partial charge is 0.283 e. The van der Waals surface area contributed by atoms with Crippen molar-refractivity contribution in [2.75, 3.05) is 82.2 Å². The number of ether oxygens (including phenoxy) is 5. The summed E-state index contributed by atoms with van der Waals surface area (Å²) >= 11 is 25.0. The number of Topliss-reactive ketones (excluding diaryl/α,β-unsaturated/α-hetero) is 1. The van der Waals surface area contributed by atoms with E-state index in [0.29, 0.717) is 85.7 Å². The fourth-order valence-electron chi connectivity index (χ4n) is 10.1. The summed E-state index contributed by atoms with van der Waals surface area (Å²) in [6.07, 6.45) is 34.1. The van der Waals surface area contributed by atoms with Crippen molar-refractivity contribution in [2.24, 2.45) is 10.3 Å². The molecule has 0 atom stereocenters. The number of hydrogen-bond acceptors (Lipinski definition) is 32. The van der Waals surface area contributed by atoms with E-state index in [1.54, 1.807) is 184 Å². The molecule has 0 bridgehead atoms. The van der Waals surface area contributed by atoms with Gasteiger partial charge in [-0.1, -0.05) is 88.2 Å². The van der Waals surface area contributed by atoms with Crippen LogP contribution in [0.3, 0.4) is 0 Å². The number of nitro benzene ring substituents is 2. The quantitative estimate of drug-likeness (QED) is 0.00208. The number of nitrogens with two attached hydrogens (primary N) is 4. The van der Waals surface area contributed by atoms with Crippen molar-refractivity contribution in [3.05, 3.63) is 301 Å². The van der Waals surface area contributed by atoms with Crippen LogP contribution in [0.25, 0.3) is 0 Å². The Bertz CT molecular complexity index is 7140. The summed E-state index contributed by atoms with van der Waals surface area (Å²) in [6, 6.07) is 52.0. The second-order valence-corrected chi connectivity index (χ2v) is 37.5. The number of carbonyl (C=O) groups excluding carboxylic acids is 1. The summed E-state index contributed by atoms with van der Waals surface area (Å²) in [6.45, 7) is 7.49. The molecule has 9 aromatic carbocycles. The number of benzene rings is 9. The number of terminal acetylenes is 6. The third-order valence-corrected chi connectivity index (χ3v) is 21.6. The predicted molar refractivity (Wildman–Crippen MR) is 593 cm³/mol. The van der Waals surface area contributed by atoms with Gasteiger partial charge in [0.25, 0.3) is 14.4 Å². The van der Waals surface area contributed by atoms with E-state index in [0.717, 1.165) is 36.2 Å². The van der Waals surface area contributed by atoms with Gasteiger partial charge in [0, 0.05) is 70.5 Å². The molecule has 763 valence electrons. The highest BCUT2D eigenvalue weighted by molar-refractivity contribution is 14.3. The number of primary sulfonamides is 2. The Kier molecular flexibility index (Phi) is 58.8. The van der Waals surface area contributed by atoms with Crippen LogP contribution in [-0.4, -0.2) is 139 Å². The second-order valence-electron chi connectivity index (χ2n) is 27.3. The number of aromatic nitrogens is 8. The number of carbonyl (C=O) groups is 1. The SMILES string of the molecule is C#CCBr.C#CCOc1ccc(N)cc1.C#CCOc1ccc(Nc2nc(Cl)ncc2F)cc1.C#CCOc1ccc(Nc2nc(Nc3ccc(C)c(S(=O)(=O)CC(=O)CC)c3)ncc2F)cc1.C#CCOc1ccc(Nc2nc(Nc3ccc(C)c(S(N)(=O)=O)c3)ncc2F)cc1.C#CCOc1ccc([N+](=O)[O-])cc1.Cc1ccc(N)cc1S(N)(=O)=O.Fc1cnc(Cl)nc1Cl.I[B]I.O=[N+]([O-])c1ccc(O)cc1.[B]I. The van der Waals surface area contributed by atoms with Crippen molar-refractivity contribution in [3.8, 4) is 109 Å². The second kappa shape index (κ2) is 68.1. The molecule has 147 heavy (non-hydrogen) atoms. The van der Waals surface area contributed by atoms with Gasteiger partial charge in [0.05, 0.1) is 54.7 Å². The van der Waals surface area contributed by atoms with Gasteiger partial charge < -0.3 is 66.8 Å². The van der Waals surface area contributed by atoms with Gasteiger partial charge in [-0.05, 0) is 218 Å². The molecule has 52 heteroatoms. The van der Waals surface area contributed by atoms with E-state index < -0.39 is 68.8 Å². The molecule has 13 rings (SSSR count). The number of non-ortho nitro benzene ring substituents is 2. The van der Waals surface area contributed by atoms with Crippen LogP contribution in [0.1, 0.15) is 30.0 Å². The summed E-state index contributed by atoms with van der Waals surface area (Å²) in [5.74, 6) is 13.7. The fourth-order valence-corrected chi connectivity index (χ4v) is 13.8. The van der Waals surface area contributed by atoms with Gasteiger partial charge in [-0.15, -0.1) is 83.3 Å². The zero-order valence-electron chi connectivity index (χ0n) is 77.3. The van der Waals surface area contributed by atoms with E-state index in [-0.39, 0.29) is 116 Å². The normalized spacial score (nSPS) is 9.84. The molecular formula is C95H85B2BrCl3F4I3N19O17S3. The maximum Gasteiger partial charge on any atom is 0.283 e. The van der Waals surface area contributed by atoms with Crippen molar-refractivity contribution in [1.82, 2.24) is 39.9 Å². The Hall–Kier alpha value is -14.3. The number of hydrogen-bond donors (Lipinski definition) is 10. The van der Waals surface area contributed by atoms with E-state index in [1.807, 2.05) is 2.99 Å². The highest BCUT2D eigenvalue weighted by Gasteiger charge is 2.23. The van der Waals surface area contributed by atoms with Crippen molar-refractivity contribution in [2.45, 2.75) is 48.8 Å². The molecule has 3 radical (unpaired) electrons. The van der Waals surface area contributed by atoms with Crippen LogP contribution in [0.5, 0.6) is 34.5 Å². The summed E-state index contributed by atoms with van der Waals surface area (Å²) in [5, 5.41) is 53.7. The first kappa shape index (κ1) is 127. The molecule has 0 aliphatic carbocycles. The number of aromatic hydroxyl groups is 1. The molecule has 36 nitrogen and oxygen atoms in total. The third-order valence-electron chi connectivity index (χ3n) is 16.7. The molecule has 4 heterocycles. The van der Waals surface area contributed by atoms with E-state index in [1.165, 1.54) is 66.7 Å². The third kappa shape index (κ3) is 49.9. The van der Waals surface area contributed by atoms with Gasteiger partial charge in [0.1, 0.15) is 79.1 Å². The van der Waals surface area contributed by atoms with E-state index >= 15 is 0 Å². The standard InChI is InChI=1S/C24H23FN4O4S.C20H18FN5O3S.C13H9ClFN3O.C9H7NO3.C9H9NO.C7H10N2O2S.C6H5NO3.C4HCl2FN2.C3H3Br.BI2.BI/c1-4-12-33-20-10-8-17(9-11-20)27-23-21(25)14-26-24(29-23)28-18-7-6-16(3)22(13-18)34(31,32)15-19(30)5-2;1-3-10-29-16-8-6-14(7-9-16)24-19-17(21)12-23-20(26-19)25-15-5-4-13(2)18(11-15)30(22,27)28;1-2-7-19-10-5-3-9(4-6-10)17-12-11(15)8-16-13(14)18-12;1-2-7-13-9-5-3-8(4-6-9)10(11)12;1-2-7-11-9-5-3-8(10)4-6-9;1-5-2-3-6(8)4-7(5)12(9,10)11;8-6-3-1-5(2-4-6)7(9)10;5-3-2(7)1-8-4(6)9-3;1-2-3-4;2-1-3;1-2/h1,6-11,13-14H,5,12,15H2,2-3H3,(H2,26,27,28,29);1,4-9,11-12H,10H2,2H3,(H2,22,27,28)(H2,23,24,25,26);1,3-6,8H,7H2,(H,16,17,18);1,3-6H,7H2;1,3-6H,7,10H2;2-4H,8H2,1H3,(H2,9,10,11);1-4,8H;1H;1H,3H2;;. The minimum Gasteiger partial charge on any atom is -0.508 e. The van der Waals surface area contributed by atoms with Crippen LogP contribution < -0.4 is 72.0 Å². The largest absolute Gasteiger partial charge is 0.508 e. The van der Waals surface area contributed by atoms with Crippen LogP contribution in [0, 0.1) is 138 Å². The number of rotatable bonds is 28. The lowest BCUT2D eigenvalue weighted by atomic mass is 10.2. The average Bonchev–Trinajstić information content (AvgIpc) is 0.811. The van der Waals surface area contributed by atoms with Gasteiger partial charge in [0.15, 0.2) is 61.4 Å². The van der Waals surface area contributed by atoms with Gasteiger partial charge in [-0.2, -0.15) is 37.3 Å². The molecular weight excluding hydrogens is 2440 g/mol. The number of ketones is 1. The van der Waals surface area contributed by atoms with E-state index in [9.17, 15) is 67.8 Å². The number of phenolic OH excluding ortho intramolecular Hbond substituents is 1. The molecule has 0 saturated heterocycles. The van der Waals surface area contributed by atoms with Crippen molar-refractivity contribution in [1.29, 1.82) is 0 Å². The Balaban J connectivity index is 0.000000445. The van der Waals surface area contributed by atoms with Crippen molar-refractivity contribution in [3.63, 3.8) is 0 Å².